The Balaban J connectivity index is 2.50. The van der Waals surface area contributed by atoms with E-state index in [2.05, 4.69) is 5.10 Å². The third-order valence-electron chi connectivity index (χ3n) is 3.70. The first-order chi connectivity index (χ1) is 10.4. The van der Waals surface area contributed by atoms with Crippen molar-refractivity contribution in [3.05, 3.63) is 28.7 Å². The maximum absolute atomic E-state index is 12.8. The van der Waals surface area contributed by atoms with Crippen molar-refractivity contribution in [2.24, 2.45) is 7.05 Å². The first-order valence-corrected chi connectivity index (χ1v) is 7.16. The minimum absolute atomic E-state index is 0.0599. The van der Waals surface area contributed by atoms with E-state index in [1.807, 2.05) is 25.2 Å². The molecule has 0 spiro atoms. The normalized spacial score (nSPS) is 16.4. The number of aromatic nitrogens is 2. The number of hydrogen-bond acceptors (Lipinski definition) is 5. The number of fused-ring (bicyclic) bond motifs is 1. The van der Waals surface area contributed by atoms with Crippen LogP contribution in [-0.4, -0.2) is 59.7 Å². The predicted octanol–water partition coefficient (Wildman–Crippen LogP) is 1.02. The standard InChI is InChI=1S/C15H22N4O3/c1-17(2)9-10-7-6-8-11-12(15(21)19(4)22-5)16-18(3)13(11)14(10)20/h9H,6-8H2,1-5H3. The highest BCUT2D eigenvalue weighted by Gasteiger charge is 2.31. The highest BCUT2D eigenvalue weighted by molar-refractivity contribution is 6.10. The summed E-state index contributed by atoms with van der Waals surface area (Å²) in [5.41, 5.74) is 2.24. The van der Waals surface area contributed by atoms with E-state index in [9.17, 15) is 9.59 Å². The Morgan fingerprint density at radius 3 is 2.59 bits per heavy atom. The summed E-state index contributed by atoms with van der Waals surface area (Å²) >= 11 is 0. The average Bonchev–Trinajstić information content (AvgIpc) is 2.70. The molecule has 7 heteroatoms. The second-order valence-electron chi connectivity index (χ2n) is 5.59. The van der Waals surface area contributed by atoms with Gasteiger partial charge in [0, 0.05) is 45.5 Å². The number of nitrogens with zero attached hydrogens (tertiary/aromatic N) is 4. The van der Waals surface area contributed by atoms with Crippen LogP contribution in [0.25, 0.3) is 0 Å². The lowest BCUT2D eigenvalue weighted by molar-refractivity contribution is -0.0761. The molecular weight excluding hydrogens is 284 g/mol. The third-order valence-corrected chi connectivity index (χ3v) is 3.70. The quantitative estimate of drug-likeness (QED) is 0.474. The molecule has 0 saturated heterocycles. The first-order valence-electron chi connectivity index (χ1n) is 7.16. The van der Waals surface area contributed by atoms with Crippen LogP contribution in [0.5, 0.6) is 0 Å². The summed E-state index contributed by atoms with van der Waals surface area (Å²) in [5, 5.41) is 5.37. The molecule has 0 unspecified atom stereocenters. The fraction of sp³-hybridized carbons (Fsp3) is 0.533. The second kappa shape index (κ2) is 6.31. The van der Waals surface area contributed by atoms with Gasteiger partial charge in [0.25, 0.3) is 5.91 Å². The molecule has 22 heavy (non-hydrogen) atoms. The summed E-state index contributed by atoms with van der Waals surface area (Å²) in [5.74, 6) is -0.400. The summed E-state index contributed by atoms with van der Waals surface area (Å²) in [6.07, 6.45) is 3.99. The van der Waals surface area contributed by atoms with Gasteiger partial charge in [-0.15, -0.1) is 0 Å². The molecule has 0 aromatic carbocycles. The Morgan fingerprint density at radius 2 is 2.00 bits per heavy atom. The van der Waals surface area contributed by atoms with E-state index in [0.29, 0.717) is 29.8 Å². The third kappa shape index (κ3) is 2.89. The van der Waals surface area contributed by atoms with Crippen LogP contribution in [0.3, 0.4) is 0 Å². The van der Waals surface area contributed by atoms with E-state index < -0.39 is 0 Å². The molecular formula is C15H22N4O3. The average molecular weight is 306 g/mol. The minimum atomic E-state index is -0.341. The Kier molecular flexibility index (Phi) is 4.65. The van der Waals surface area contributed by atoms with Crippen LogP contribution in [0.4, 0.5) is 0 Å². The summed E-state index contributed by atoms with van der Waals surface area (Å²) < 4.78 is 1.50. The molecule has 0 aliphatic heterocycles. The van der Waals surface area contributed by atoms with E-state index >= 15 is 0 Å². The molecule has 7 nitrogen and oxygen atoms in total. The van der Waals surface area contributed by atoms with Crippen molar-refractivity contribution in [2.45, 2.75) is 19.3 Å². The summed E-state index contributed by atoms with van der Waals surface area (Å²) in [6, 6.07) is 0. The van der Waals surface area contributed by atoms with Gasteiger partial charge in [-0.25, -0.2) is 5.06 Å². The number of hydroxylamine groups is 2. The van der Waals surface area contributed by atoms with Gasteiger partial charge in [-0.2, -0.15) is 5.10 Å². The molecule has 1 aromatic heterocycles. The molecule has 0 N–H and O–H groups in total. The van der Waals surface area contributed by atoms with Crippen LogP contribution in [-0.2, 0) is 18.3 Å². The lowest BCUT2D eigenvalue weighted by Crippen LogP contribution is -2.26. The first kappa shape index (κ1) is 16.2. The van der Waals surface area contributed by atoms with Gasteiger partial charge < -0.3 is 4.90 Å². The van der Waals surface area contributed by atoms with Crippen molar-refractivity contribution >= 4 is 11.7 Å². The van der Waals surface area contributed by atoms with Gasteiger partial charge in [0.05, 0.1) is 7.11 Å². The van der Waals surface area contributed by atoms with Gasteiger partial charge >= 0.3 is 0 Å². The van der Waals surface area contributed by atoms with Crippen molar-refractivity contribution in [1.29, 1.82) is 0 Å². The minimum Gasteiger partial charge on any atom is -0.383 e. The molecule has 2 rings (SSSR count). The largest absolute Gasteiger partial charge is 0.383 e. The van der Waals surface area contributed by atoms with Crippen LogP contribution in [0.1, 0.15) is 39.4 Å². The molecule has 0 saturated carbocycles. The summed E-state index contributed by atoms with van der Waals surface area (Å²) in [6.45, 7) is 0. The summed E-state index contributed by atoms with van der Waals surface area (Å²) in [7, 11) is 8.41. The molecule has 0 radical (unpaired) electrons. The smallest absolute Gasteiger partial charge is 0.297 e. The Hall–Kier alpha value is -2.15. The van der Waals surface area contributed by atoms with Gasteiger partial charge in [-0.3, -0.25) is 19.1 Å². The van der Waals surface area contributed by atoms with Crippen LogP contribution in [0.2, 0.25) is 0 Å². The Morgan fingerprint density at radius 1 is 1.32 bits per heavy atom. The number of carbonyl (C=O) groups excluding carboxylic acids is 2. The zero-order chi connectivity index (χ0) is 16.4. The van der Waals surface area contributed by atoms with Gasteiger partial charge in [0.1, 0.15) is 5.69 Å². The molecule has 1 heterocycles. The topological polar surface area (TPSA) is 67.7 Å². The lowest BCUT2D eigenvalue weighted by atomic mass is 10.1. The molecule has 120 valence electrons. The van der Waals surface area contributed by atoms with Gasteiger partial charge in [-0.1, -0.05) is 0 Å². The van der Waals surface area contributed by atoms with Gasteiger partial charge in [0.2, 0.25) is 5.78 Å². The van der Waals surface area contributed by atoms with Crippen molar-refractivity contribution in [3.8, 4) is 0 Å². The van der Waals surface area contributed by atoms with E-state index in [-0.39, 0.29) is 11.7 Å². The Bertz CT molecular complexity index is 631. The highest BCUT2D eigenvalue weighted by Crippen LogP contribution is 2.27. The Labute approximate surface area is 130 Å². The number of aryl methyl sites for hydroxylation is 1. The molecule has 1 amide bonds. The number of Topliss-reactive ketones (excluding diaryl/α,β-unsaturated/α-hetero) is 1. The zero-order valence-corrected chi connectivity index (χ0v) is 13.7. The lowest BCUT2D eigenvalue weighted by Gasteiger charge is -2.12. The van der Waals surface area contributed by atoms with E-state index in [0.717, 1.165) is 17.1 Å². The number of amides is 1. The fourth-order valence-corrected chi connectivity index (χ4v) is 2.65. The number of allylic oxidation sites excluding steroid dienone is 1. The van der Waals surface area contributed by atoms with Crippen LogP contribution >= 0.6 is 0 Å². The monoisotopic (exact) mass is 306 g/mol. The SMILES string of the molecule is CON(C)C(=O)c1nn(C)c2c1CCCC(=CN(C)C)C2=O. The van der Waals surface area contributed by atoms with Crippen molar-refractivity contribution in [2.75, 3.05) is 28.3 Å². The number of carbonyl (C=O) groups is 2. The van der Waals surface area contributed by atoms with Crippen molar-refractivity contribution in [3.63, 3.8) is 0 Å². The van der Waals surface area contributed by atoms with E-state index in [1.165, 1.54) is 18.8 Å². The summed E-state index contributed by atoms with van der Waals surface area (Å²) in [4.78, 5) is 31.9. The zero-order valence-electron chi connectivity index (χ0n) is 13.7. The van der Waals surface area contributed by atoms with Crippen molar-refractivity contribution in [1.82, 2.24) is 19.7 Å². The van der Waals surface area contributed by atoms with E-state index in [1.54, 1.807) is 7.05 Å². The second-order valence-corrected chi connectivity index (χ2v) is 5.59. The van der Waals surface area contributed by atoms with E-state index in [4.69, 9.17) is 4.84 Å². The van der Waals surface area contributed by atoms with Crippen LogP contribution in [0.15, 0.2) is 11.8 Å². The van der Waals surface area contributed by atoms with Gasteiger partial charge in [-0.05, 0) is 19.3 Å². The molecule has 0 fully saturated rings. The number of rotatable bonds is 3. The fourth-order valence-electron chi connectivity index (χ4n) is 2.65. The van der Waals surface area contributed by atoms with Crippen LogP contribution < -0.4 is 0 Å². The van der Waals surface area contributed by atoms with Gasteiger partial charge in [0.15, 0.2) is 5.69 Å². The van der Waals surface area contributed by atoms with Crippen LogP contribution in [0, 0.1) is 0 Å². The number of ketones is 1. The number of hydrogen-bond donors (Lipinski definition) is 0. The molecule has 0 bridgehead atoms. The van der Waals surface area contributed by atoms with Crippen molar-refractivity contribution < 1.29 is 14.4 Å². The predicted molar refractivity (Wildman–Crippen MR) is 81.3 cm³/mol. The molecule has 1 aliphatic carbocycles. The maximum Gasteiger partial charge on any atom is 0.297 e. The maximum atomic E-state index is 12.8. The molecule has 0 atom stereocenters. The highest BCUT2D eigenvalue weighted by atomic mass is 16.7. The molecule has 1 aromatic rings. The molecule has 1 aliphatic rings.